The maximum atomic E-state index is 5.60. The maximum absolute atomic E-state index is 5.60. The van der Waals surface area contributed by atoms with Crippen LogP contribution in [0.15, 0.2) is 11.6 Å². The third-order valence-corrected chi connectivity index (χ3v) is 3.15. The van der Waals surface area contributed by atoms with Gasteiger partial charge in [-0.1, -0.05) is 27.6 Å². The number of rotatable bonds is 5. The SMILES string of the molecule is CC(=CCCOC1CCCCO1)CBr. The zero-order valence-electron chi connectivity index (χ0n) is 8.80. The zero-order valence-corrected chi connectivity index (χ0v) is 10.4. The molecule has 0 aromatic rings. The van der Waals surface area contributed by atoms with Crippen LogP contribution in [-0.2, 0) is 9.47 Å². The van der Waals surface area contributed by atoms with Crippen molar-refractivity contribution in [3.63, 3.8) is 0 Å². The minimum Gasteiger partial charge on any atom is -0.353 e. The van der Waals surface area contributed by atoms with E-state index < -0.39 is 0 Å². The average molecular weight is 263 g/mol. The lowest BCUT2D eigenvalue weighted by molar-refractivity contribution is -0.161. The van der Waals surface area contributed by atoms with Gasteiger partial charge < -0.3 is 9.47 Å². The molecule has 0 spiro atoms. The molecule has 0 radical (unpaired) electrons. The van der Waals surface area contributed by atoms with Crippen LogP contribution in [0, 0.1) is 0 Å². The molecule has 1 atom stereocenters. The summed E-state index contributed by atoms with van der Waals surface area (Å²) in [5.74, 6) is 0. The molecule has 2 nitrogen and oxygen atoms in total. The van der Waals surface area contributed by atoms with E-state index in [0.717, 1.165) is 31.4 Å². The summed E-state index contributed by atoms with van der Waals surface area (Å²) in [4.78, 5) is 0. The molecule has 0 N–H and O–H groups in total. The summed E-state index contributed by atoms with van der Waals surface area (Å²) in [6, 6.07) is 0. The van der Waals surface area contributed by atoms with Gasteiger partial charge in [-0.25, -0.2) is 0 Å². The van der Waals surface area contributed by atoms with Gasteiger partial charge in [0.1, 0.15) is 0 Å². The van der Waals surface area contributed by atoms with Crippen LogP contribution in [0.2, 0.25) is 0 Å². The Bertz CT molecular complexity index is 174. The molecular formula is C11H19BrO2. The van der Waals surface area contributed by atoms with Crippen LogP contribution in [-0.4, -0.2) is 24.8 Å². The van der Waals surface area contributed by atoms with E-state index >= 15 is 0 Å². The Kier molecular flexibility index (Phi) is 6.48. The van der Waals surface area contributed by atoms with Crippen LogP contribution in [0.1, 0.15) is 32.6 Å². The molecule has 0 bridgehead atoms. The molecule has 1 fully saturated rings. The molecule has 1 aliphatic rings. The monoisotopic (exact) mass is 262 g/mol. The number of alkyl halides is 1. The van der Waals surface area contributed by atoms with Crippen molar-refractivity contribution in [2.75, 3.05) is 18.5 Å². The Morgan fingerprint density at radius 2 is 2.43 bits per heavy atom. The van der Waals surface area contributed by atoms with Crippen LogP contribution in [0.5, 0.6) is 0 Å². The van der Waals surface area contributed by atoms with E-state index in [1.54, 1.807) is 0 Å². The van der Waals surface area contributed by atoms with Gasteiger partial charge in [0.25, 0.3) is 0 Å². The van der Waals surface area contributed by atoms with Crippen LogP contribution >= 0.6 is 15.9 Å². The quantitative estimate of drug-likeness (QED) is 0.430. The summed E-state index contributed by atoms with van der Waals surface area (Å²) in [6.45, 7) is 3.75. The number of halogens is 1. The second kappa shape index (κ2) is 7.43. The summed E-state index contributed by atoms with van der Waals surface area (Å²) in [7, 11) is 0. The zero-order chi connectivity index (χ0) is 10.2. The Balaban J connectivity index is 2.02. The van der Waals surface area contributed by atoms with Gasteiger partial charge in [-0.2, -0.15) is 0 Å². The van der Waals surface area contributed by atoms with Crippen LogP contribution in [0.3, 0.4) is 0 Å². The van der Waals surface area contributed by atoms with Crippen molar-refractivity contribution in [3.8, 4) is 0 Å². The van der Waals surface area contributed by atoms with Gasteiger partial charge in [0, 0.05) is 11.9 Å². The fourth-order valence-electron chi connectivity index (χ4n) is 1.40. The molecule has 3 heteroatoms. The lowest BCUT2D eigenvalue weighted by atomic mass is 10.2. The Labute approximate surface area is 94.8 Å². The molecule has 0 aliphatic carbocycles. The molecule has 1 aliphatic heterocycles. The van der Waals surface area contributed by atoms with Crippen LogP contribution < -0.4 is 0 Å². The van der Waals surface area contributed by atoms with Crippen LogP contribution in [0.25, 0.3) is 0 Å². The second-order valence-electron chi connectivity index (χ2n) is 3.64. The summed E-state index contributed by atoms with van der Waals surface area (Å²) in [5, 5.41) is 0.951. The largest absolute Gasteiger partial charge is 0.353 e. The first kappa shape index (κ1) is 12.2. The summed E-state index contributed by atoms with van der Waals surface area (Å²) < 4.78 is 11.1. The summed E-state index contributed by atoms with van der Waals surface area (Å²) in [5.41, 5.74) is 1.36. The number of ether oxygens (including phenoxy) is 2. The highest BCUT2D eigenvalue weighted by Gasteiger charge is 2.12. The summed E-state index contributed by atoms with van der Waals surface area (Å²) in [6.07, 6.45) is 6.72. The molecule has 0 amide bonds. The smallest absolute Gasteiger partial charge is 0.157 e. The molecule has 14 heavy (non-hydrogen) atoms. The number of hydrogen-bond acceptors (Lipinski definition) is 2. The molecule has 0 saturated carbocycles. The van der Waals surface area contributed by atoms with Crippen molar-refractivity contribution < 1.29 is 9.47 Å². The molecule has 1 rings (SSSR count). The van der Waals surface area contributed by atoms with Crippen molar-refractivity contribution in [3.05, 3.63) is 11.6 Å². The summed E-state index contributed by atoms with van der Waals surface area (Å²) >= 11 is 3.41. The molecule has 1 unspecified atom stereocenters. The van der Waals surface area contributed by atoms with Gasteiger partial charge in [-0.15, -0.1) is 0 Å². The fourth-order valence-corrected chi connectivity index (χ4v) is 1.63. The Morgan fingerprint density at radius 3 is 3.07 bits per heavy atom. The van der Waals surface area contributed by atoms with Crippen molar-refractivity contribution >= 4 is 15.9 Å². The average Bonchev–Trinajstić information content (AvgIpc) is 2.25. The third kappa shape index (κ3) is 5.13. The Morgan fingerprint density at radius 1 is 1.57 bits per heavy atom. The molecule has 1 saturated heterocycles. The number of hydrogen-bond donors (Lipinski definition) is 0. The van der Waals surface area contributed by atoms with Gasteiger partial charge in [-0.05, 0) is 32.6 Å². The van der Waals surface area contributed by atoms with Gasteiger partial charge >= 0.3 is 0 Å². The Hall–Kier alpha value is 0.140. The van der Waals surface area contributed by atoms with E-state index in [0.29, 0.717) is 0 Å². The van der Waals surface area contributed by atoms with Crippen molar-refractivity contribution in [2.45, 2.75) is 38.9 Å². The highest BCUT2D eigenvalue weighted by atomic mass is 79.9. The first-order valence-corrected chi connectivity index (χ1v) is 6.40. The van der Waals surface area contributed by atoms with E-state index in [9.17, 15) is 0 Å². The molecule has 1 heterocycles. The van der Waals surface area contributed by atoms with Gasteiger partial charge in [0.15, 0.2) is 6.29 Å². The van der Waals surface area contributed by atoms with Gasteiger partial charge in [0.2, 0.25) is 0 Å². The van der Waals surface area contributed by atoms with E-state index in [-0.39, 0.29) is 6.29 Å². The fraction of sp³-hybridized carbons (Fsp3) is 0.818. The van der Waals surface area contributed by atoms with E-state index in [4.69, 9.17) is 9.47 Å². The minimum absolute atomic E-state index is 0.0569. The lowest BCUT2D eigenvalue weighted by Crippen LogP contribution is -2.22. The first-order chi connectivity index (χ1) is 6.83. The van der Waals surface area contributed by atoms with Crippen molar-refractivity contribution in [1.29, 1.82) is 0 Å². The topological polar surface area (TPSA) is 18.5 Å². The highest BCUT2D eigenvalue weighted by Crippen LogP contribution is 2.13. The molecule has 82 valence electrons. The van der Waals surface area contributed by atoms with E-state index in [1.807, 2.05) is 0 Å². The normalized spacial score (nSPS) is 23.9. The molecule has 0 aromatic heterocycles. The number of allylic oxidation sites excluding steroid dienone is 1. The standard InChI is InChI=1S/C11H19BrO2/c1-10(9-12)5-4-8-14-11-6-2-3-7-13-11/h5,11H,2-4,6-9H2,1H3. The second-order valence-corrected chi connectivity index (χ2v) is 4.20. The van der Waals surface area contributed by atoms with Gasteiger partial charge in [-0.3, -0.25) is 0 Å². The van der Waals surface area contributed by atoms with Crippen LogP contribution in [0.4, 0.5) is 0 Å². The molecular weight excluding hydrogens is 244 g/mol. The van der Waals surface area contributed by atoms with Crippen molar-refractivity contribution in [1.82, 2.24) is 0 Å². The molecule has 0 aromatic carbocycles. The van der Waals surface area contributed by atoms with E-state index in [2.05, 4.69) is 28.9 Å². The van der Waals surface area contributed by atoms with E-state index in [1.165, 1.54) is 18.4 Å². The lowest BCUT2D eigenvalue weighted by Gasteiger charge is -2.22. The highest BCUT2D eigenvalue weighted by molar-refractivity contribution is 9.09. The third-order valence-electron chi connectivity index (χ3n) is 2.26. The first-order valence-electron chi connectivity index (χ1n) is 5.27. The van der Waals surface area contributed by atoms with Crippen molar-refractivity contribution in [2.24, 2.45) is 0 Å². The predicted octanol–water partition coefficient (Wildman–Crippen LogP) is 3.26. The maximum Gasteiger partial charge on any atom is 0.157 e. The predicted molar refractivity (Wildman–Crippen MR) is 61.7 cm³/mol. The van der Waals surface area contributed by atoms with Gasteiger partial charge in [0.05, 0.1) is 6.61 Å². The minimum atomic E-state index is 0.0569.